The number of halogens is 2. The van der Waals surface area contributed by atoms with Gasteiger partial charge in [-0.2, -0.15) is 0 Å². The van der Waals surface area contributed by atoms with E-state index in [1.807, 2.05) is 0 Å². The zero-order valence-electron chi connectivity index (χ0n) is 10.3. The van der Waals surface area contributed by atoms with Crippen LogP contribution in [0.2, 0.25) is 0 Å². The molecular weight excluding hydrogens is 284 g/mol. The highest BCUT2D eigenvalue weighted by Gasteiger charge is 2.31. The van der Waals surface area contributed by atoms with E-state index in [9.17, 15) is 13.6 Å². The van der Waals surface area contributed by atoms with Gasteiger partial charge in [0.05, 0.1) is 5.75 Å². The third-order valence-electron chi connectivity index (χ3n) is 2.57. The lowest BCUT2D eigenvalue weighted by molar-refractivity contribution is 0.0231. The van der Waals surface area contributed by atoms with E-state index < -0.39 is 17.6 Å². The molecule has 0 amide bonds. The number of alkyl halides is 2. The standard InChI is InChI=1S/C14H11F2NO2S/c15-14(16,10-4-2-1-3-5-10)9-20-11-6-7-17-12(8-11)13(18)19/h1-8H,9H2,(H,18,19). The number of rotatable bonds is 5. The van der Waals surface area contributed by atoms with Gasteiger partial charge in [0.1, 0.15) is 5.69 Å². The van der Waals surface area contributed by atoms with Crippen molar-refractivity contribution in [3.05, 3.63) is 59.9 Å². The summed E-state index contributed by atoms with van der Waals surface area (Å²) in [5.74, 6) is -4.61. The van der Waals surface area contributed by atoms with Crippen molar-refractivity contribution in [2.24, 2.45) is 0 Å². The van der Waals surface area contributed by atoms with Crippen molar-refractivity contribution in [3.8, 4) is 0 Å². The number of hydrogen-bond acceptors (Lipinski definition) is 3. The molecule has 0 unspecified atom stereocenters. The minimum Gasteiger partial charge on any atom is -0.477 e. The number of nitrogens with zero attached hydrogens (tertiary/aromatic N) is 1. The maximum Gasteiger partial charge on any atom is 0.354 e. The number of thioether (sulfide) groups is 1. The van der Waals surface area contributed by atoms with Crippen LogP contribution >= 0.6 is 11.8 Å². The molecule has 0 spiro atoms. The summed E-state index contributed by atoms with van der Waals surface area (Å²) in [6, 6.07) is 10.3. The summed E-state index contributed by atoms with van der Waals surface area (Å²) < 4.78 is 27.9. The summed E-state index contributed by atoms with van der Waals surface area (Å²) in [7, 11) is 0. The van der Waals surface area contributed by atoms with Crippen LogP contribution in [-0.2, 0) is 5.92 Å². The number of hydrogen-bond donors (Lipinski definition) is 1. The first-order valence-corrected chi connectivity index (χ1v) is 6.73. The Kier molecular flexibility index (Phi) is 4.34. The second kappa shape index (κ2) is 6.00. The molecule has 0 atom stereocenters. The van der Waals surface area contributed by atoms with E-state index in [2.05, 4.69) is 4.98 Å². The minimum atomic E-state index is -2.97. The van der Waals surface area contributed by atoms with E-state index in [-0.39, 0.29) is 11.3 Å². The fourth-order valence-electron chi connectivity index (χ4n) is 1.56. The number of pyridine rings is 1. The Balaban J connectivity index is 2.08. The third kappa shape index (κ3) is 3.54. The van der Waals surface area contributed by atoms with E-state index in [1.54, 1.807) is 18.2 Å². The molecule has 6 heteroatoms. The highest BCUT2D eigenvalue weighted by Crippen LogP contribution is 2.34. The molecule has 0 saturated heterocycles. The largest absolute Gasteiger partial charge is 0.477 e. The molecule has 2 aromatic rings. The average molecular weight is 295 g/mol. The topological polar surface area (TPSA) is 50.2 Å². The molecule has 3 nitrogen and oxygen atoms in total. The van der Waals surface area contributed by atoms with Crippen LogP contribution in [0.3, 0.4) is 0 Å². The number of benzene rings is 1. The molecule has 1 aromatic carbocycles. The lowest BCUT2D eigenvalue weighted by Crippen LogP contribution is -2.16. The van der Waals surface area contributed by atoms with Crippen LogP contribution in [0.25, 0.3) is 0 Å². The summed E-state index contributed by atoms with van der Waals surface area (Å²) >= 11 is 0.900. The fourth-order valence-corrected chi connectivity index (χ4v) is 2.42. The van der Waals surface area contributed by atoms with Crippen LogP contribution in [0.15, 0.2) is 53.6 Å². The average Bonchev–Trinajstić information content (AvgIpc) is 2.46. The molecule has 0 bridgehead atoms. The van der Waals surface area contributed by atoms with Gasteiger partial charge in [-0.05, 0) is 12.1 Å². The molecule has 2 rings (SSSR count). The molecule has 0 saturated carbocycles. The van der Waals surface area contributed by atoms with Crippen LogP contribution in [0, 0.1) is 0 Å². The van der Waals surface area contributed by atoms with Crippen molar-refractivity contribution < 1.29 is 18.7 Å². The molecule has 0 radical (unpaired) electrons. The van der Waals surface area contributed by atoms with Gasteiger partial charge in [0.2, 0.25) is 0 Å². The van der Waals surface area contributed by atoms with Crippen LogP contribution in [0.5, 0.6) is 0 Å². The fraction of sp³-hybridized carbons (Fsp3) is 0.143. The number of carboxylic acids is 1. The summed E-state index contributed by atoms with van der Waals surface area (Å²) in [5.41, 5.74) is -0.210. The number of aromatic nitrogens is 1. The highest BCUT2D eigenvalue weighted by molar-refractivity contribution is 7.99. The third-order valence-corrected chi connectivity index (χ3v) is 3.66. The molecule has 0 aliphatic carbocycles. The normalized spacial score (nSPS) is 11.3. The van der Waals surface area contributed by atoms with Gasteiger partial charge in [-0.15, -0.1) is 11.8 Å². The van der Waals surface area contributed by atoms with Crippen LogP contribution in [-0.4, -0.2) is 21.8 Å². The molecule has 1 aromatic heterocycles. The van der Waals surface area contributed by atoms with Crippen molar-refractivity contribution in [3.63, 3.8) is 0 Å². The molecular formula is C14H11F2NO2S. The van der Waals surface area contributed by atoms with Gasteiger partial charge in [-0.3, -0.25) is 0 Å². The highest BCUT2D eigenvalue weighted by atomic mass is 32.2. The summed E-state index contributed by atoms with van der Waals surface area (Å²) in [6.45, 7) is 0. The Bertz CT molecular complexity index is 605. The van der Waals surface area contributed by atoms with Gasteiger partial charge < -0.3 is 5.11 Å². The van der Waals surface area contributed by atoms with E-state index in [4.69, 9.17) is 5.11 Å². The SMILES string of the molecule is O=C(O)c1cc(SCC(F)(F)c2ccccc2)ccn1. The van der Waals surface area contributed by atoms with Crippen molar-refractivity contribution in [1.82, 2.24) is 4.98 Å². The van der Waals surface area contributed by atoms with Gasteiger partial charge in [-0.1, -0.05) is 30.3 Å². The van der Waals surface area contributed by atoms with E-state index >= 15 is 0 Å². The first kappa shape index (κ1) is 14.5. The lowest BCUT2D eigenvalue weighted by atomic mass is 10.1. The maximum atomic E-state index is 13.9. The predicted octanol–water partition coefficient (Wildman–Crippen LogP) is 3.66. The van der Waals surface area contributed by atoms with Crippen molar-refractivity contribution in [2.45, 2.75) is 10.8 Å². The van der Waals surface area contributed by atoms with E-state index in [0.29, 0.717) is 4.90 Å². The molecule has 0 fully saturated rings. The van der Waals surface area contributed by atoms with E-state index in [0.717, 1.165) is 11.8 Å². The van der Waals surface area contributed by atoms with Gasteiger partial charge in [0, 0.05) is 16.7 Å². The van der Waals surface area contributed by atoms with Crippen LogP contribution in [0.1, 0.15) is 16.1 Å². The zero-order valence-corrected chi connectivity index (χ0v) is 11.1. The first-order valence-electron chi connectivity index (χ1n) is 5.74. The van der Waals surface area contributed by atoms with Crippen molar-refractivity contribution >= 4 is 17.7 Å². The van der Waals surface area contributed by atoms with Gasteiger partial charge in [0.15, 0.2) is 0 Å². The van der Waals surface area contributed by atoms with Crippen LogP contribution in [0.4, 0.5) is 8.78 Å². The van der Waals surface area contributed by atoms with E-state index in [1.165, 1.54) is 30.5 Å². The molecule has 0 aliphatic heterocycles. The Hall–Kier alpha value is -1.95. The lowest BCUT2D eigenvalue weighted by Gasteiger charge is -2.16. The van der Waals surface area contributed by atoms with Gasteiger partial charge in [0.25, 0.3) is 5.92 Å². The van der Waals surface area contributed by atoms with Gasteiger partial charge in [-0.25, -0.2) is 18.6 Å². The monoisotopic (exact) mass is 295 g/mol. The Labute approximate surface area is 118 Å². The molecule has 0 aliphatic rings. The maximum absolute atomic E-state index is 13.9. The number of aromatic carboxylic acids is 1. The Morgan fingerprint density at radius 1 is 1.25 bits per heavy atom. The van der Waals surface area contributed by atoms with Gasteiger partial charge >= 0.3 is 5.97 Å². The number of carboxylic acid groups (broad SMARTS) is 1. The minimum absolute atomic E-state index is 0.0555. The smallest absolute Gasteiger partial charge is 0.354 e. The van der Waals surface area contributed by atoms with Crippen LogP contribution < -0.4 is 0 Å². The molecule has 104 valence electrons. The Morgan fingerprint density at radius 3 is 2.60 bits per heavy atom. The van der Waals surface area contributed by atoms with Crippen molar-refractivity contribution in [1.29, 1.82) is 0 Å². The second-order valence-corrected chi connectivity index (χ2v) is 5.09. The predicted molar refractivity (Wildman–Crippen MR) is 72.3 cm³/mol. The van der Waals surface area contributed by atoms with Crippen molar-refractivity contribution in [2.75, 3.05) is 5.75 Å². The Morgan fingerprint density at radius 2 is 1.95 bits per heavy atom. The molecule has 1 N–H and O–H groups in total. The summed E-state index contributed by atoms with van der Waals surface area (Å²) in [5, 5.41) is 8.80. The summed E-state index contributed by atoms with van der Waals surface area (Å²) in [4.78, 5) is 14.8. The molecule has 1 heterocycles. The quantitative estimate of drug-likeness (QED) is 0.855. The molecule has 20 heavy (non-hydrogen) atoms. The zero-order chi connectivity index (χ0) is 14.6. The summed E-state index contributed by atoms with van der Waals surface area (Å²) in [6.07, 6.45) is 1.30. The first-order chi connectivity index (χ1) is 9.49. The number of carbonyl (C=O) groups is 1. The second-order valence-electron chi connectivity index (χ2n) is 4.04.